The molecule has 72 valence electrons. The number of pyridine rings is 1. The van der Waals surface area contributed by atoms with Gasteiger partial charge >= 0.3 is 0 Å². The smallest absolute Gasteiger partial charge is 0.227 e. The molecule has 0 fully saturated rings. The fraction of sp³-hybridized carbons (Fsp3) is 0.125. The van der Waals surface area contributed by atoms with E-state index in [4.69, 9.17) is 16.7 Å². The van der Waals surface area contributed by atoms with Crippen LogP contribution in [0.1, 0.15) is 5.56 Å². The lowest BCUT2D eigenvalue weighted by molar-refractivity contribution is -0.115. The van der Waals surface area contributed by atoms with Crippen LogP contribution in [0.2, 0.25) is 0 Å². The maximum Gasteiger partial charge on any atom is 0.227 e. The summed E-state index contributed by atoms with van der Waals surface area (Å²) in [7, 11) is 0. The molecule has 6 heteroatoms. The monoisotopic (exact) mass is 208 g/mol. The molecule has 1 aromatic rings. The Labute approximate surface area is 85.1 Å². The molecule has 4 N–H and O–H groups in total. The van der Waals surface area contributed by atoms with Crippen molar-refractivity contribution in [3.8, 4) is 6.07 Å². The van der Waals surface area contributed by atoms with Crippen LogP contribution in [0.5, 0.6) is 0 Å². The van der Waals surface area contributed by atoms with Gasteiger partial charge in [-0.05, 0) is 6.07 Å². The molecule has 0 aliphatic rings. The Morgan fingerprint density at radius 3 is 3.00 bits per heavy atom. The van der Waals surface area contributed by atoms with Crippen LogP contribution in [0.15, 0.2) is 17.3 Å². The maximum absolute atomic E-state index is 10.5. The second kappa shape index (κ2) is 4.48. The Morgan fingerprint density at radius 1 is 1.71 bits per heavy atom. The number of carbonyl (C=O) groups is 1. The number of nitriles is 1. The van der Waals surface area contributed by atoms with Gasteiger partial charge < -0.3 is 11.5 Å². The number of nitrogens with two attached hydrogens (primary N) is 2. The first kappa shape index (κ1) is 10.3. The van der Waals surface area contributed by atoms with Crippen LogP contribution in [0.3, 0.4) is 0 Å². The highest BCUT2D eigenvalue weighted by Gasteiger charge is 2.07. The lowest BCUT2D eigenvalue weighted by Gasteiger charge is -2.03. The number of aromatic nitrogens is 1. The number of nitrogens with zero attached hydrogens (tertiary/aromatic N) is 2. The molecule has 0 atom stereocenters. The molecule has 1 amide bonds. The van der Waals surface area contributed by atoms with E-state index >= 15 is 0 Å². The molecule has 0 aliphatic heterocycles. The summed E-state index contributed by atoms with van der Waals surface area (Å²) in [6, 6.07) is 3.45. The van der Waals surface area contributed by atoms with Gasteiger partial charge in [0.15, 0.2) is 0 Å². The number of hydrogen-bond acceptors (Lipinski definition) is 5. The summed E-state index contributed by atoms with van der Waals surface area (Å²) < 4.78 is 0. The van der Waals surface area contributed by atoms with Gasteiger partial charge in [0, 0.05) is 6.20 Å². The molecule has 1 heterocycles. The van der Waals surface area contributed by atoms with E-state index < -0.39 is 5.91 Å². The lowest BCUT2D eigenvalue weighted by atomic mass is 10.2. The average molecular weight is 208 g/mol. The maximum atomic E-state index is 10.5. The van der Waals surface area contributed by atoms with Gasteiger partial charge in [-0.2, -0.15) is 5.26 Å². The third-order valence-electron chi connectivity index (χ3n) is 1.43. The van der Waals surface area contributed by atoms with Crippen LogP contribution in [-0.4, -0.2) is 16.6 Å². The molecule has 0 radical (unpaired) electrons. The summed E-state index contributed by atoms with van der Waals surface area (Å²) in [5.41, 5.74) is 11.2. The van der Waals surface area contributed by atoms with E-state index in [2.05, 4.69) is 4.98 Å². The lowest BCUT2D eigenvalue weighted by Crippen LogP contribution is -2.13. The number of anilines is 1. The second-order valence-corrected chi connectivity index (χ2v) is 3.41. The number of nitrogen functional groups attached to an aromatic ring is 1. The van der Waals surface area contributed by atoms with Gasteiger partial charge in [-0.1, -0.05) is 11.8 Å². The second-order valence-electron chi connectivity index (χ2n) is 2.44. The van der Waals surface area contributed by atoms with Gasteiger partial charge in [0.2, 0.25) is 5.91 Å². The van der Waals surface area contributed by atoms with E-state index in [1.807, 2.05) is 6.07 Å². The van der Waals surface area contributed by atoms with Crippen LogP contribution in [0, 0.1) is 11.3 Å². The van der Waals surface area contributed by atoms with Crippen LogP contribution < -0.4 is 11.5 Å². The fourth-order valence-electron chi connectivity index (χ4n) is 0.806. The Hall–Kier alpha value is -1.74. The molecule has 0 bridgehead atoms. The van der Waals surface area contributed by atoms with Gasteiger partial charge in [-0.3, -0.25) is 4.79 Å². The van der Waals surface area contributed by atoms with Crippen molar-refractivity contribution in [1.29, 1.82) is 5.26 Å². The van der Waals surface area contributed by atoms with Crippen molar-refractivity contribution < 1.29 is 4.79 Å². The molecular weight excluding hydrogens is 200 g/mol. The van der Waals surface area contributed by atoms with Crippen molar-refractivity contribution in [3.05, 3.63) is 17.8 Å². The van der Waals surface area contributed by atoms with Gasteiger partial charge in [0.1, 0.15) is 11.1 Å². The highest BCUT2D eigenvalue weighted by molar-refractivity contribution is 8.00. The molecule has 0 saturated heterocycles. The summed E-state index contributed by atoms with van der Waals surface area (Å²) in [5, 5.41) is 9.12. The van der Waals surface area contributed by atoms with Gasteiger partial charge in [-0.15, -0.1) is 0 Å². The summed E-state index contributed by atoms with van der Waals surface area (Å²) in [6.07, 6.45) is 1.47. The number of amides is 1. The third-order valence-corrected chi connectivity index (χ3v) is 2.45. The highest BCUT2D eigenvalue weighted by atomic mass is 32.2. The Balaban J connectivity index is 2.88. The summed E-state index contributed by atoms with van der Waals surface area (Å²) in [6.45, 7) is 0. The largest absolute Gasteiger partial charge is 0.395 e. The van der Waals surface area contributed by atoms with E-state index in [0.29, 0.717) is 16.3 Å². The normalized spacial score (nSPS) is 9.36. The Morgan fingerprint density at radius 2 is 2.43 bits per heavy atom. The Kier molecular flexibility index (Phi) is 3.31. The quantitative estimate of drug-likeness (QED) is 0.686. The van der Waals surface area contributed by atoms with Crippen LogP contribution in [-0.2, 0) is 4.79 Å². The van der Waals surface area contributed by atoms with Crippen molar-refractivity contribution in [2.45, 2.75) is 5.03 Å². The minimum Gasteiger partial charge on any atom is -0.395 e. The number of carbonyl (C=O) groups excluding carboxylic acids is 1. The molecule has 14 heavy (non-hydrogen) atoms. The minimum absolute atomic E-state index is 0.103. The predicted octanol–water partition coefficient (Wildman–Crippen LogP) is 0.113. The van der Waals surface area contributed by atoms with E-state index in [9.17, 15) is 4.79 Å². The molecule has 1 aromatic heterocycles. The molecule has 0 saturated carbocycles. The topological polar surface area (TPSA) is 106 Å². The van der Waals surface area contributed by atoms with E-state index in [1.165, 1.54) is 12.3 Å². The van der Waals surface area contributed by atoms with Gasteiger partial charge in [-0.25, -0.2) is 4.98 Å². The van der Waals surface area contributed by atoms with Gasteiger partial charge in [0.25, 0.3) is 0 Å². The fourth-order valence-corrected chi connectivity index (χ4v) is 1.49. The molecule has 0 spiro atoms. The average Bonchev–Trinajstić information content (AvgIpc) is 2.16. The first-order valence-corrected chi connectivity index (χ1v) is 4.69. The Bertz CT molecular complexity index is 399. The van der Waals surface area contributed by atoms with Crippen molar-refractivity contribution in [3.63, 3.8) is 0 Å². The van der Waals surface area contributed by atoms with Crippen LogP contribution in [0.25, 0.3) is 0 Å². The van der Waals surface area contributed by atoms with E-state index in [0.717, 1.165) is 11.8 Å². The predicted molar refractivity (Wildman–Crippen MR) is 53.3 cm³/mol. The number of thioether (sulfide) groups is 1. The van der Waals surface area contributed by atoms with Crippen molar-refractivity contribution in [1.82, 2.24) is 4.98 Å². The molecule has 0 unspecified atom stereocenters. The zero-order valence-electron chi connectivity index (χ0n) is 7.23. The summed E-state index contributed by atoms with van der Waals surface area (Å²) in [4.78, 5) is 14.4. The summed E-state index contributed by atoms with van der Waals surface area (Å²) >= 11 is 1.12. The van der Waals surface area contributed by atoms with Crippen LogP contribution in [0.4, 0.5) is 5.69 Å². The van der Waals surface area contributed by atoms with Crippen molar-refractivity contribution in [2.24, 2.45) is 5.73 Å². The van der Waals surface area contributed by atoms with Crippen molar-refractivity contribution in [2.75, 3.05) is 11.5 Å². The summed E-state index contributed by atoms with van der Waals surface area (Å²) in [5.74, 6) is -0.343. The number of rotatable bonds is 3. The van der Waals surface area contributed by atoms with E-state index in [1.54, 1.807) is 0 Å². The SMILES string of the molecule is N#Cc1ccnc(SCC(N)=O)c1N. The first-order valence-electron chi connectivity index (χ1n) is 3.71. The molecule has 1 rings (SSSR count). The van der Waals surface area contributed by atoms with Gasteiger partial charge in [0.05, 0.1) is 17.0 Å². The zero-order valence-corrected chi connectivity index (χ0v) is 8.04. The highest BCUT2D eigenvalue weighted by Crippen LogP contribution is 2.24. The molecular formula is C8H8N4OS. The molecule has 0 aliphatic carbocycles. The number of hydrogen-bond donors (Lipinski definition) is 2. The first-order chi connectivity index (χ1) is 6.65. The third kappa shape index (κ3) is 2.37. The standard InChI is InChI=1S/C8H8N4OS/c9-3-5-1-2-12-8(7(5)11)14-4-6(10)13/h1-2H,4,11H2,(H2,10,13). The molecule has 0 aromatic carbocycles. The van der Waals surface area contributed by atoms with Crippen molar-refractivity contribution >= 4 is 23.4 Å². The zero-order chi connectivity index (χ0) is 10.6. The molecule has 5 nitrogen and oxygen atoms in total. The van der Waals surface area contributed by atoms with Crippen LogP contribution >= 0.6 is 11.8 Å². The number of primary amides is 1. The minimum atomic E-state index is -0.446. The van der Waals surface area contributed by atoms with E-state index in [-0.39, 0.29) is 5.75 Å².